The Morgan fingerprint density at radius 2 is 1.63 bits per heavy atom. The van der Waals surface area contributed by atoms with Gasteiger partial charge in [0.15, 0.2) is 11.4 Å². The van der Waals surface area contributed by atoms with Gasteiger partial charge < -0.3 is 55.2 Å². The predicted octanol–water partition coefficient (Wildman–Crippen LogP) is 4.16. The maximum absolute atomic E-state index is 14.7. The number of piperidine rings is 1. The van der Waals surface area contributed by atoms with E-state index in [1.165, 1.54) is 21.8 Å². The first-order chi connectivity index (χ1) is 43.2. The number of carboxylic acids is 1. The number of rotatable bonds is 28. The van der Waals surface area contributed by atoms with Crippen LogP contribution in [0.2, 0.25) is 0 Å². The summed E-state index contributed by atoms with van der Waals surface area (Å²) in [6, 6.07) is 10.1. The lowest BCUT2D eigenvalue weighted by Crippen LogP contribution is -2.58. The zero-order valence-corrected chi connectivity index (χ0v) is 49.8. The van der Waals surface area contributed by atoms with Gasteiger partial charge in [-0.1, -0.05) is 39.0 Å². The number of benzene rings is 2. The van der Waals surface area contributed by atoms with Crippen molar-refractivity contribution in [3.05, 3.63) is 101 Å². The van der Waals surface area contributed by atoms with Gasteiger partial charge in [0, 0.05) is 56.1 Å². The van der Waals surface area contributed by atoms with Crippen molar-refractivity contribution >= 4 is 70.4 Å². The number of pyridine rings is 1. The molecule has 10 rings (SSSR count). The minimum Gasteiger partial charge on any atom is -0.480 e. The molecule has 0 spiro atoms. The van der Waals surface area contributed by atoms with Crippen molar-refractivity contribution in [3.63, 3.8) is 0 Å². The lowest BCUT2D eigenvalue weighted by molar-refractivity contribution is -0.145. The maximum Gasteiger partial charge on any atom is 0.320 e. The van der Waals surface area contributed by atoms with E-state index in [-0.39, 0.29) is 100 Å². The number of carboxylic acid groups (broad SMARTS) is 1. The lowest BCUT2D eigenvalue weighted by Gasteiger charge is -2.35. The predicted molar refractivity (Wildman–Crippen MR) is 316 cm³/mol. The van der Waals surface area contributed by atoms with Crippen LogP contribution in [0, 0.1) is 11.3 Å². The third-order valence-electron chi connectivity index (χ3n) is 16.2. The molecule has 90 heavy (non-hydrogen) atoms. The molecule has 0 radical (unpaired) electrons. The Labute approximate surface area is 515 Å². The topological polar surface area (TPSA) is 340 Å². The summed E-state index contributed by atoms with van der Waals surface area (Å²) in [7, 11) is 0. The first-order valence-corrected chi connectivity index (χ1v) is 29.8. The van der Waals surface area contributed by atoms with E-state index >= 15 is 0 Å². The number of likely N-dealkylation sites (tertiary alicyclic amines) is 2. The fourth-order valence-corrected chi connectivity index (χ4v) is 11.4. The van der Waals surface area contributed by atoms with Gasteiger partial charge in [0.25, 0.3) is 24.1 Å². The van der Waals surface area contributed by atoms with Gasteiger partial charge in [0.05, 0.1) is 61.7 Å². The maximum atomic E-state index is 14.7. The standard InChI is InChI=1S/C61H71F2N13O14/c1-61(2,3)51(70-48(78)33-89-25-24-88-23-22-87-21-19-64-40-7-4-6-39-49(40)58(83)76(57(39)82)43-15-16-47(77)71-55(43)81)59(84)74-30-38(73-20-5-8-44(73)60(85)86)27-45(74)54(80)67-29-35-11-13-37(14-12-35)75-31-41(50(72-75)52(62)63)68-53(79)42-32-90-56(69-42)36-17-18-65-46(26-36)66-28-34-9-10-34/h4,6-7,11-14,17-18,26,31-32,34,38,43-45,51-52,64H,5,8-10,15-16,19-25,27-30,33H2,1-3H3,(H,65,66)(H,67,80)(H,68,79)(H,70,78)(H,85,86)(H,71,77,81)/t38-,43?,44+,45+,51-/m1/s1. The largest absolute Gasteiger partial charge is 0.480 e. The van der Waals surface area contributed by atoms with Gasteiger partial charge in [0.2, 0.25) is 35.4 Å². The van der Waals surface area contributed by atoms with E-state index < -0.39 is 108 Å². The molecule has 7 heterocycles. The van der Waals surface area contributed by atoms with Crippen LogP contribution in [0.1, 0.15) is 115 Å². The molecule has 27 nitrogen and oxygen atoms in total. The van der Waals surface area contributed by atoms with E-state index in [1.807, 2.05) is 4.90 Å². The van der Waals surface area contributed by atoms with Crippen molar-refractivity contribution in [1.29, 1.82) is 0 Å². The molecule has 1 saturated carbocycles. The summed E-state index contributed by atoms with van der Waals surface area (Å²) in [6.07, 6.45) is 4.42. The minimum atomic E-state index is -3.06. The molecule has 2 aromatic carbocycles. The molecule has 5 aliphatic rings. The highest BCUT2D eigenvalue weighted by Gasteiger charge is 2.49. The van der Waals surface area contributed by atoms with E-state index in [0.717, 1.165) is 30.5 Å². The smallest absolute Gasteiger partial charge is 0.320 e. The second-order valence-electron chi connectivity index (χ2n) is 23.7. The number of hydrogen-bond donors (Lipinski definition) is 7. The molecule has 5 aromatic rings. The summed E-state index contributed by atoms with van der Waals surface area (Å²) in [5.41, 5.74) is 0.240. The average Bonchev–Trinajstić information content (AvgIpc) is 1.62. The van der Waals surface area contributed by atoms with Crippen LogP contribution in [-0.4, -0.2) is 189 Å². The number of hydrogen-bond acceptors (Lipinski definition) is 19. The second-order valence-corrected chi connectivity index (χ2v) is 23.7. The van der Waals surface area contributed by atoms with Crippen LogP contribution in [0.25, 0.3) is 17.1 Å². The van der Waals surface area contributed by atoms with Crippen molar-refractivity contribution in [2.75, 3.05) is 81.8 Å². The Kier molecular flexibility index (Phi) is 20.0. The molecular weight excluding hydrogens is 1180 g/mol. The van der Waals surface area contributed by atoms with Crippen LogP contribution >= 0.6 is 0 Å². The quantitative estimate of drug-likeness (QED) is 0.0273. The van der Waals surface area contributed by atoms with Gasteiger partial charge in [-0.2, -0.15) is 5.10 Å². The van der Waals surface area contributed by atoms with E-state index in [1.54, 1.807) is 75.5 Å². The van der Waals surface area contributed by atoms with Gasteiger partial charge >= 0.3 is 5.97 Å². The molecule has 4 aliphatic heterocycles. The molecule has 5 atom stereocenters. The number of aromatic nitrogens is 4. The fraction of sp³-hybridized carbons (Fsp3) is 0.475. The summed E-state index contributed by atoms with van der Waals surface area (Å²) in [4.78, 5) is 131. The summed E-state index contributed by atoms with van der Waals surface area (Å²) < 4.78 is 52.3. The van der Waals surface area contributed by atoms with Crippen LogP contribution in [-0.2, 0) is 49.5 Å². The molecule has 1 aliphatic carbocycles. The van der Waals surface area contributed by atoms with Gasteiger partial charge in [-0.05, 0) is 98.4 Å². The minimum absolute atomic E-state index is 0.00859. The zero-order chi connectivity index (χ0) is 63.8. The van der Waals surface area contributed by atoms with Crippen LogP contribution in [0.15, 0.2) is 77.7 Å². The number of amides is 8. The normalized spacial score (nSPS) is 19.7. The first kappa shape index (κ1) is 63.9. The Bertz CT molecular complexity index is 3510. The molecule has 4 fully saturated rings. The van der Waals surface area contributed by atoms with Gasteiger partial charge in [0.1, 0.15) is 42.9 Å². The number of ether oxygens (including phenoxy) is 3. The molecule has 8 amide bonds. The van der Waals surface area contributed by atoms with E-state index in [0.29, 0.717) is 53.6 Å². The van der Waals surface area contributed by atoms with Crippen molar-refractivity contribution in [3.8, 4) is 17.1 Å². The highest BCUT2D eigenvalue weighted by Crippen LogP contribution is 2.35. The Hall–Kier alpha value is -9.06. The number of aliphatic carboxylic acids is 1. The van der Waals surface area contributed by atoms with Gasteiger partial charge in [-0.3, -0.25) is 58.3 Å². The lowest BCUT2D eigenvalue weighted by atomic mass is 9.85. The van der Waals surface area contributed by atoms with Gasteiger partial charge in [-0.15, -0.1) is 0 Å². The number of imide groups is 2. The van der Waals surface area contributed by atoms with Crippen LogP contribution in [0.3, 0.4) is 0 Å². The zero-order valence-electron chi connectivity index (χ0n) is 49.8. The second kappa shape index (κ2) is 28.2. The number of halogens is 2. The fourth-order valence-electron chi connectivity index (χ4n) is 11.4. The number of carbonyl (C=O) groups is 9. The van der Waals surface area contributed by atoms with Gasteiger partial charge in [-0.25, -0.2) is 23.4 Å². The number of fused-ring (bicyclic) bond motifs is 1. The average molecular weight is 1250 g/mol. The van der Waals surface area contributed by atoms with Crippen molar-refractivity contribution < 1.29 is 75.7 Å². The number of anilines is 3. The molecule has 3 aromatic heterocycles. The number of alkyl halides is 2. The summed E-state index contributed by atoms with van der Waals surface area (Å²) in [5.74, 6) is -4.49. The third kappa shape index (κ3) is 15.1. The third-order valence-corrected chi connectivity index (χ3v) is 16.2. The number of oxazole rings is 1. The van der Waals surface area contributed by atoms with Crippen molar-refractivity contribution in [2.24, 2.45) is 11.3 Å². The van der Waals surface area contributed by atoms with E-state index in [4.69, 9.17) is 18.6 Å². The summed E-state index contributed by atoms with van der Waals surface area (Å²) >= 11 is 0. The first-order valence-electron chi connectivity index (χ1n) is 29.8. The Morgan fingerprint density at radius 3 is 2.36 bits per heavy atom. The molecule has 0 bridgehead atoms. The monoisotopic (exact) mass is 1250 g/mol. The molecule has 3 saturated heterocycles. The molecule has 1 unspecified atom stereocenters. The van der Waals surface area contributed by atoms with Crippen molar-refractivity contribution in [2.45, 2.75) is 109 Å². The molecule has 29 heteroatoms. The molecular formula is C61H71F2N13O14. The Morgan fingerprint density at radius 1 is 0.878 bits per heavy atom. The van der Waals surface area contributed by atoms with Crippen molar-refractivity contribution in [1.82, 2.24) is 50.4 Å². The molecule has 7 N–H and O–H groups in total. The van der Waals surface area contributed by atoms with Crippen LogP contribution < -0.4 is 31.9 Å². The SMILES string of the molecule is CC(C)(C)[C@H](NC(=O)COCCOCCOCCNc1cccc2c1C(=O)N(C1CCC(=O)NC1=O)C2=O)C(=O)N1C[C@H](N2CCC[C@H]2C(=O)O)C[C@H]1C(=O)NCc1ccc(-n2cc(NC(=O)c3coc(-c4ccnc(NCC5CC5)c4)n3)c(C(F)F)n2)cc1. The highest BCUT2D eigenvalue weighted by molar-refractivity contribution is 6.25. The number of nitrogens with zero attached hydrogens (tertiary/aromatic N) is 7. The summed E-state index contributed by atoms with van der Waals surface area (Å²) in [5, 5.41) is 30.9. The van der Waals surface area contributed by atoms with Crippen LogP contribution in [0.5, 0.6) is 0 Å². The van der Waals surface area contributed by atoms with E-state index in [2.05, 4.69) is 47.0 Å². The number of nitrogens with one attached hydrogen (secondary N) is 6. The number of carbonyl (C=O) groups excluding carboxylic acids is 8. The van der Waals surface area contributed by atoms with E-state index in [9.17, 15) is 57.0 Å². The molecule has 478 valence electrons. The highest BCUT2D eigenvalue weighted by atomic mass is 19.3. The Balaban J connectivity index is 0.685. The van der Waals surface area contributed by atoms with Crippen LogP contribution in [0.4, 0.5) is 26.0 Å². The summed E-state index contributed by atoms with van der Waals surface area (Å²) in [6.45, 7) is 7.09.